The quantitative estimate of drug-likeness (QED) is 0.0111. The Kier molecular flexibility index (Phi) is 22.4. The van der Waals surface area contributed by atoms with Crippen LogP contribution in [0.25, 0.3) is 0 Å². The van der Waals surface area contributed by atoms with Gasteiger partial charge in [0.1, 0.15) is 40.5 Å². The third-order valence-corrected chi connectivity index (χ3v) is 19.8. The fourth-order valence-corrected chi connectivity index (χ4v) is 14.3. The number of rotatable bonds is 28. The van der Waals surface area contributed by atoms with Gasteiger partial charge in [0.25, 0.3) is 5.56 Å². The van der Waals surface area contributed by atoms with Crippen LogP contribution in [0.3, 0.4) is 0 Å². The number of unbranched alkanes of at least 4 members (excludes halogenated alkanes) is 3. The highest BCUT2D eigenvalue weighted by Crippen LogP contribution is 2.66. The van der Waals surface area contributed by atoms with E-state index in [9.17, 15) is 63.8 Å². The van der Waals surface area contributed by atoms with Gasteiger partial charge in [-0.15, -0.1) is 0 Å². The number of anilines is 1. The van der Waals surface area contributed by atoms with E-state index in [1.165, 1.54) is 24.3 Å². The van der Waals surface area contributed by atoms with Crippen LogP contribution in [0.5, 0.6) is 5.75 Å². The van der Waals surface area contributed by atoms with Gasteiger partial charge in [0, 0.05) is 65.8 Å². The number of nitrogens with one attached hydrogen (secondary N) is 2. The summed E-state index contributed by atoms with van der Waals surface area (Å²) in [5, 5.41) is 2.69. The molecule has 87 heavy (non-hydrogen) atoms. The SMILES string of the molecule is CC1(C)C(/C=C/C2=C(Oc3ccc(S(=O)(=O)[O-])cc3)C(=C/C=C3/N(CCCCS(=O)(=O)[O-])c4ccccc4C3(C)C)/CCC2)=[N+](CCCCCC(=O)NCC#Cc2cn(COCCOP(=O)(O)OP(=O)(O)OP(=O)(O)O)c(=O)[nH]c2=O)c2ccccc21. The highest BCUT2D eigenvalue weighted by Gasteiger charge is 2.45. The molecule has 0 radical (unpaired) electrons. The standard InChI is InChI=1S/C56H68N5O21P3S2/c1-55(2)45-19-7-9-21-47(45)60(33-11-5-6-23-51(62)57-32-15-18-42-38-59(54(64)58-53(42)63)39-78-35-36-79-84(68,69)82-85(70,71)81-83(65,66)67)49(55)30-24-40-16-14-17-41(52(40)80-43-26-28-44(29-27-43)87(75,76)77)25-31-50-56(3,4)46-20-8-10-22-48(46)61(50)34-12-13-37-86(72,73)74/h7-10,19-22,24-31,38H,5-6,11-14,16-17,23,32-37,39H2,1-4H3,(H7-,57,58,62,63,64,65,66,67,68,69,70,71,72,73,74,75,76,77)/p-1. The monoisotopic (exact) mass is 1300 g/mol. The number of carbonyl (C=O) groups excluding carboxylic acids is 1. The van der Waals surface area contributed by atoms with Crippen molar-refractivity contribution in [1.82, 2.24) is 14.9 Å². The molecule has 0 saturated heterocycles. The highest BCUT2D eigenvalue weighted by atomic mass is 32.2. The molecule has 26 nitrogen and oxygen atoms in total. The summed E-state index contributed by atoms with van der Waals surface area (Å²) in [5.41, 5.74) is 5.18. The van der Waals surface area contributed by atoms with Crippen LogP contribution in [0.1, 0.15) is 102 Å². The lowest BCUT2D eigenvalue weighted by Gasteiger charge is -2.28. The van der Waals surface area contributed by atoms with Gasteiger partial charge in [0.05, 0.1) is 40.2 Å². The van der Waals surface area contributed by atoms with Crippen LogP contribution < -0.4 is 26.2 Å². The lowest BCUT2D eigenvalue weighted by atomic mass is 9.81. The molecular weight excluding hydrogens is 1240 g/mol. The second kappa shape index (κ2) is 28.5. The number of aromatic nitrogens is 2. The Bertz CT molecular complexity index is 3990. The predicted molar refractivity (Wildman–Crippen MR) is 317 cm³/mol. The van der Waals surface area contributed by atoms with Crippen LogP contribution >= 0.6 is 23.5 Å². The number of amides is 1. The fourth-order valence-electron chi connectivity index (χ4n) is 10.3. The Morgan fingerprint density at radius 2 is 1.52 bits per heavy atom. The van der Waals surface area contributed by atoms with Crippen molar-refractivity contribution in [3.05, 3.63) is 163 Å². The van der Waals surface area contributed by atoms with E-state index in [1.54, 1.807) is 0 Å². The normalized spacial score (nSPS) is 18.1. The molecule has 7 rings (SSSR count). The zero-order valence-corrected chi connectivity index (χ0v) is 52.2. The Balaban J connectivity index is 1.02. The third kappa shape index (κ3) is 18.9. The van der Waals surface area contributed by atoms with Gasteiger partial charge < -0.3 is 48.4 Å². The van der Waals surface area contributed by atoms with Crippen molar-refractivity contribution < 1.29 is 91.2 Å². The molecule has 3 heterocycles. The molecule has 0 bridgehead atoms. The first-order chi connectivity index (χ1) is 40.7. The first kappa shape index (κ1) is 68.3. The number of phosphoric acid groups is 3. The molecule has 0 spiro atoms. The molecule has 4 aromatic rings. The van der Waals surface area contributed by atoms with Crippen LogP contribution in [0, 0.1) is 11.8 Å². The first-order valence-electron chi connectivity index (χ1n) is 27.3. The molecule has 2 unspecified atom stereocenters. The summed E-state index contributed by atoms with van der Waals surface area (Å²) in [6.07, 6.45) is 14.2. The van der Waals surface area contributed by atoms with Gasteiger partial charge in [-0.25, -0.2) is 35.3 Å². The molecule has 2 atom stereocenters. The maximum atomic E-state index is 12.9. The number of ether oxygens (including phenoxy) is 2. The summed E-state index contributed by atoms with van der Waals surface area (Å²) in [6.45, 7) is 7.66. The van der Waals surface area contributed by atoms with Crippen molar-refractivity contribution in [2.45, 2.75) is 108 Å². The van der Waals surface area contributed by atoms with Crippen molar-refractivity contribution in [1.29, 1.82) is 0 Å². The van der Waals surface area contributed by atoms with E-state index >= 15 is 0 Å². The molecule has 0 fully saturated rings. The topological polar surface area (TPSA) is 383 Å². The van der Waals surface area contributed by atoms with Crippen LogP contribution in [0.4, 0.5) is 11.4 Å². The number of nitrogens with zero attached hydrogens (tertiary/aromatic N) is 3. The average molecular weight is 1300 g/mol. The van der Waals surface area contributed by atoms with Gasteiger partial charge in [0.15, 0.2) is 5.71 Å². The molecule has 3 aliphatic rings. The maximum Gasteiger partial charge on any atom is 0.490 e. The first-order valence-corrected chi connectivity index (χ1v) is 34.8. The van der Waals surface area contributed by atoms with Gasteiger partial charge in [-0.1, -0.05) is 68.2 Å². The minimum atomic E-state index is -5.72. The number of para-hydroxylation sites is 2. The van der Waals surface area contributed by atoms with E-state index < -0.39 is 96.4 Å². The van der Waals surface area contributed by atoms with Crippen molar-refractivity contribution in [2.75, 3.05) is 43.5 Å². The Morgan fingerprint density at radius 3 is 2.22 bits per heavy atom. The lowest BCUT2D eigenvalue weighted by molar-refractivity contribution is -0.438. The van der Waals surface area contributed by atoms with Gasteiger partial charge in [-0.3, -0.25) is 23.7 Å². The minimum Gasteiger partial charge on any atom is -0.748 e. The zero-order valence-electron chi connectivity index (χ0n) is 47.9. The molecule has 0 saturated carbocycles. The van der Waals surface area contributed by atoms with E-state index in [-0.39, 0.29) is 30.9 Å². The number of phosphoric ester groups is 1. The average Bonchev–Trinajstić information content (AvgIpc) is 1.65. The Hall–Kier alpha value is -6.21. The summed E-state index contributed by atoms with van der Waals surface area (Å²) in [6, 6.07) is 21.5. The van der Waals surface area contributed by atoms with Crippen molar-refractivity contribution >= 4 is 66.7 Å². The summed E-state index contributed by atoms with van der Waals surface area (Å²) in [4.78, 5) is 77.6. The number of benzene rings is 3. The summed E-state index contributed by atoms with van der Waals surface area (Å²) >= 11 is 0. The lowest BCUT2D eigenvalue weighted by Crippen LogP contribution is -2.32. The largest absolute Gasteiger partial charge is 0.748 e. The Morgan fingerprint density at radius 1 is 0.816 bits per heavy atom. The van der Waals surface area contributed by atoms with E-state index in [1.807, 2.05) is 36.4 Å². The van der Waals surface area contributed by atoms with Crippen molar-refractivity contribution in [2.24, 2.45) is 0 Å². The van der Waals surface area contributed by atoms with Gasteiger partial charge in [-0.05, 0) is 118 Å². The summed E-state index contributed by atoms with van der Waals surface area (Å²) in [7, 11) is -25.8. The van der Waals surface area contributed by atoms with Crippen LogP contribution in [-0.2, 0) is 74.2 Å². The number of hydrogen-bond acceptors (Lipinski definition) is 18. The molecular formula is C56H67N5O21P3S2-. The fraction of sp³-hybridized carbons (Fsp3) is 0.393. The molecule has 3 aromatic carbocycles. The maximum absolute atomic E-state index is 12.9. The molecule has 31 heteroatoms. The van der Waals surface area contributed by atoms with Crippen LogP contribution in [0.15, 0.2) is 140 Å². The van der Waals surface area contributed by atoms with Crippen LogP contribution in [0.2, 0.25) is 0 Å². The molecule has 1 aromatic heterocycles. The Labute approximate surface area is 502 Å². The number of hydrogen-bond donors (Lipinski definition) is 6. The molecule has 1 aliphatic carbocycles. The van der Waals surface area contributed by atoms with Crippen molar-refractivity contribution in [3.8, 4) is 17.6 Å². The number of fused-ring (bicyclic) bond motifs is 2. The molecule has 6 N–H and O–H groups in total. The highest BCUT2D eigenvalue weighted by molar-refractivity contribution is 7.86. The molecule has 2 aliphatic heterocycles. The van der Waals surface area contributed by atoms with E-state index in [2.05, 4.69) is 109 Å². The van der Waals surface area contributed by atoms with E-state index in [4.69, 9.17) is 19.3 Å². The molecule has 1 amide bonds. The third-order valence-electron chi connectivity index (χ3n) is 14.3. The smallest absolute Gasteiger partial charge is 0.490 e. The summed E-state index contributed by atoms with van der Waals surface area (Å²) < 4.78 is 131. The number of allylic oxidation sites excluding steroid dienone is 7. The van der Waals surface area contributed by atoms with Gasteiger partial charge in [-0.2, -0.15) is 13.2 Å². The van der Waals surface area contributed by atoms with E-state index in [0.717, 1.165) is 62.2 Å². The van der Waals surface area contributed by atoms with Crippen LogP contribution in [-0.4, -0.2) is 110 Å². The number of aromatic amines is 1. The second-order valence-corrected chi connectivity index (χ2v) is 28.7. The molecule has 470 valence electrons. The van der Waals surface area contributed by atoms with Gasteiger partial charge in [0.2, 0.25) is 11.6 Å². The number of H-pyrrole nitrogens is 1. The predicted octanol–water partition coefficient (Wildman–Crippen LogP) is 6.87. The minimum absolute atomic E-state index is 0.136. The summed E-state index contributed by atoms with van der Waals surface area (Å²) in [5.74, 6) is 5.39. The number of carbonyl (C=O) groups is 1. The van der Waals surface area contributed by atoms with Gasteiger partial charge >= 0.3 is 29.2 Å². The van der Waals surface area contributed by atoms with Crippen molar-refractivity contribution in [3.63, 3.8) is 0 Å². The van der Waals surface area contributed by atoms with E-state index in [0.29, 0.717) is 63.1 Å². The zero-order chi connectivity index (χ0) is 63.6. The second-order valence-electron chi connectivity index (χ2n) is 21.4.